The van der Waals surface area contributed by atoms with E-state index < -0.39 is 35.3 Å². The third-order valence-corrected chi connectivity index (χ3v) is 6.22. The second kappa shape index (κ2) is 9.41. The summed E-state index contributed by atoms with van der Waals surface area (Å²) in [5, 5.41) is 11.1. The molecule has 3 aromatic carbocycles. The number of aliphatic hydroxyl groups is 1. The smallest absolute Gasteiger partial charge is 0.337 e. The van der Waals surface area contributed by atoms with E-state index in [0.717, 1.165) is 5.56 Å². The average Bonchev–Trinajstić information content (AvgIpc) is 3.13. The molecule has 1 aliphatic rings. The van der Waals surface area contributed by atoms with Gasteiger partial charge in [0, 0.05) is 11.3 Å². The number of rotatable bonds is 4. The summed E-state index contributed by atoms with van der Waals surface area (Å²) in [6.45, 7) is 6.22. The Morgan fingerprint density at radius 1 is 0.889 bits per heavy atom. The highest BCUT2D eigenvalue weighted by Gasteiger charge is 2.47. The van der Waals surface area contributed by atoms with Crippen LogP contribution >= 0.6 is 0 Å². The SMILES string of the molecule is COC(=O)c1ccc(N2C(=O)C(=O)/C(=C(/O)c3ccc(F)cc3)C2c2ccc(C(C)(C)C)cc2)cc1. The number of hydrogen-bond donors (Lipinski definition) is 1. The van der Waals surface area contributed by atoms with Gasteiger partial charge in [-0.05, 0) is 65.1 Å². The van der Waals surface area contributed by atoms with E-state index in [9.17, 15) is 23.9 Å². The molecule has 4 rings (SSSR count). The van der Waals surface area contributed by atoms with E-state index in [2.05, 4.69) is 20.8 Å². The lowest BCUT2D eigenvalue weighted by Crippen LogP contribution is -2.29. The van der Waals surface area contributed by atoms with Crippen molar-refractivity contribution < 1.29 is 28.6 Å². The fourth-order valence-corrected chi connectivity index (χ4v) is 4.22. The molecule has 7 heteroatoms. The van der Waals surface area contributed by atoms with E-state index >= 15 is 0 Å². The number of ether oxygens (including phenoxy) is 1. The van der Waals surface area contributed by atoms with Gasteiger partial charge in [-0.3, -0.25) is 14.5 Å². The normalized spacial score (nSPS) is 17.4. The molecular weight excluding hydrogens is 461 g/mol. The van der Waals surface area contributed by atoms with Crippen molar-refractivity contribution in [3.63, 3.8) is 0 Å². The Morgan fingerprint density at radius 2 is 1.44 bits per heavy atom. The Hall–Kier alpha value is -4.26. The second-order valence-corrected chi connectivity index (χ2v) is 9.59. The first-order chi connectivity index (χ1) is 17.0. The topological polar surface area (TPSA) is 83.9 Å². The maximum atomic E-state index is 13.5. The number of anilines is 1. The lowest BCUT2D eigenvalue weighted by Gasteiger charge is -2.26. The van der Waals surface area contributed by atoms with Crippen molar-refractivity contribution in [1.29, 1.82) is 0 Å². The molecule has 1 unspecified atom stereocenters. The van der Waals surface area contributed by atoms with E-state index in [-0.39, 0.29) is 22.1 Å². The maximum Gasteiger partial charge on any atom is 0.337 e. The number of esters is 1. The molecule has 0 bridgehead atoms. The first kappa shape index (κ1) is 24.9. The quantitative estimate of drug-likeness (QED) is 0.226. The summed E-state index contributed by atoms with van der Waals surface area (Å²) >= 11 is 0. The van der Waals surface area contributed by atoms with Gasteiger partial charge >= 0.3 is 5.97 Å². The Morgan fingerprint density at radius 3 is 1.97 bits per heavy atom. The van der Waals surface area contributed by atoms with E-state index in [4.69, 9.17) is 4.74 Å². The third-order valence-electron chi connectivity index (χ3n) is 6.22. The molecule has 1 N–H and O–H groups in total. The summed E-state index contributed by atoms with van der Waals surface area (Å²) in [6.07, 6.45) is 0. The van der Waals surface area contributed by atoms with Crippen molar-refractivity contribution in [2.45, 2.75) is 32.2 Å². The van der Waals surface area contributed by atoms with E-state index in [1.165, 1.54) is 48.4 Å². The Kier molecular flexibility index (Phi) is 6.50. The minimum Gasteiger partial charge on any atom is -0.507 e. The van der Waals surface area contributed by atoms with Gasteiger partial charge in [0.15, 0.2) is 0 Å². The van der Waals surface area contributed by atoms with Crippen LogP contribution < -0.4 is 4.90 Å². The standard InChI is InChI=1S/C29H26FNO5/c1-29(2,3)20-11-5-17(6-12-20)24-23(25(32)18-7-13-21(30)14-8-18)26(33)27(34)31(24)22-15-9-19(10-16-22)28(35)36-4/h5-16,24,32H,1-4H3/b25-23+. The Balaban J connectivity index is 1.89. The van der Waals surface area contributed by atoms with Gasteiger partial charge in [-0.15, -0.1) is 0 Å². The molecular formula is C29H26FNO5. The number of methoxy groups -OCH3 is 1. The number of nitrogens with zero attached hydrogens (tertiary/aromatic N) is 1. The van der Waals surface area contributed by atoms with Crippen LogP contribution in [0, 0.1) is 5.82 Å². The second-order valence-electron chi connectivity index (χ2n) is 9.59. The first-order valence-corrected chi connectivity index (χ1v) is 11.4. The van der Waals surface area contributed by atoms with Crippen LogP contribution in [0.15, 0.2) is 78.4 Å². The van der Waals surface area contributed by atoms with Gasteiger partial charge < -0.3 is 9.84 Å². The Bertz CT molecular complexity index is 1350. The minimum absolute atomic E-state index is 0.104. The number of carbonyl (C=O) groups excluding carboxylic acids is 3. The first-order valence-electron chi connectivity index (χ1n) is 11.4. The third kappa shape index (κ3) is 4.52. The molecule has 1 amide bonds. The molecule has 1 atom stereocenters. The van der Waals surface area contributed by atoms with Gasteiger partial charge in [0.2, 0.25) is 0 Å². The molecule has 0 aromatic heterocycles. The molecule has 3 aromatic rings. The Labute approximate surface area is 208 Å². The summed E-state index contributed by atoms with van der Waals surface area (Å²) in [5.41, 5.74) is 2.33. The highest BCUT2D eigenvalue weighted by atomic mass is 19.1. The van der Waals surface area contributed by atoms with Crippen molar-refractivity contribution in [3.8, 4) is 0 Å². The molecule has 0 radical (unpaired) electrons. The highest BCUT2D eigenvalue weighted by molar-refractivity contribution is 6.51. The van der Waals surface area contributed by atoms with Crippen LogP contribution in [0.3, 0.4) is 0 Å². The summed E-state index contributed by atoms with van der Waals surface area (Å²) < 4.78 is 18.2. The zero-order valence-electron chi connectivity index (χ0n) is 20.4. The number of Topliss-reactive ketones (excluding diaryl/α,β-unsaturated/α-hetero) is 1. The minimum atomic E-state index is -0.937. The van der Waals surface area contributed by atoms with Crippen LogP contribution in [0.5, 0.6) is 0 Å². The number of aliphatic hydroxyl groups excluding tert-OH is 1. The van der Waals surface area contributed by atoms with Gasteiger partial charge in [0.1, 0.15) is 11.6 Å². The van der Waals surface area contributed by atoms with Gasteiger partial charge in [-0.1, -0.05) is 45.0 Å². The van der Waals surface area contributed by atoms with Crippen LogP contribution in [0.2, 0.25) is 0 Å². The maximum absolute atomic E-state index is 13.5. The zero-order chi connectivity index (χ0) is 26.2. The molecule has 36 heavy (non-hydrogen) atoms. The van der Waals surface area contributed by atoms with Crippen molar-refractivity contribution in [2.24, 2.45) is 0 Å². The zero-order valence-corrected chi connectivity index (χ0v) is 20.4. The van der Waals surface area contributed by atoms with Crippen LogP contribution in [0.25, 0.3) is 5.76 Å². The molecule has 1 aliphatic heterocycles. The fourth-order valence-electron chi connectivity index (χ4n) is 4.22. The largest absolute Gasteiger partial charge is 0.507 e. The summed E-state index contributed by atoms with van der Waals surface area (Å²) in [5.74, 6) is -3.11. The number of hydrogen-bond acceptors (Lipinski definition) is 5. The van der Waals surface area contributed by atoms with Crippen LogP contribution in [-0.2, 0) is 19.7 Å². The number of amides is 1. The molecule has 0 saturated carbocycles. The van der Waals surface area contributed by atoms with E-state index in [0.29, 0.717) is 11.3 Å². The summed E-state index contributed by atoms with van der Waals surface area (Å²) in [4.78, 5) is 39.7. The number of halogens is 1. The molecule has 184 valence electrons. The number of carbonyl (C=O) groups is 3. The van der Waals surface area contributed by atoms with Crippen molar-refractivity contribution >= 4 is 29.1 Å². The van der Waals surface area contributed by atoms with Crippen molar-refractivity contribution in [3.05, 3.63) is 106 Å². The van der Waals surface area contributed by atoms with Crippen molar-refractivity contribution in [1.82, 2.24) is 0 Å². The lowest BCUT2D eigenvalue weighted by molar-refractivity contribution is -0.132. The average molecular weight is 488 g/mol. The highest BCUT2D eigenvalue weighted by Crippen LogP contribution is 2.42. The van der Waals surface area contributed by atoms with Gasteiger partial charge in [0.25, 0.3) is 11.7 Å². The van der Waals surface area contributed by atoms with Gasteiger partial charge in [-0.2, -0.15) is 0 Å². The number of benzene rings is 3. The van der Waals surface area contributed by atoms with Gasteiger partial charge in [0.05, 0.1) is 24.3 Å². The molecule has 0 spiro atoms. The van der Waals surface area contributed by atoms with E-state index in [1.54, 1.807) is 12.1 Å². The molecule has 0 aliphatic carbocycles. The monoisotopic (exact) mass is 487 g/mol. The van der Waals surface area contributed by atoms with Gasteiger partial charge in [-0.25, -0.2) is 9.18 Å². The molecule has 1 heterocycles. The lowest BCUT2D eigenvalue weighted by atomic mass is 9.85. The van der Waals surface area contributed by atoms with Crippen LogP contribution in [-0.4, -0.2) is 29.9 Å². The fraction of sp³-hybridized carbons (Fsp3) is 0.207. The summed E-state index contributed by atoms with van der Waals surface area (Å²) in [6, 6.07) is 17.7. The van der Waals surface area contributed by atoms with Crippen LogP contribution in [0.4, 0.5) is 10.1 Å². The van der Waals surface area contributed by atoms with E-state index in [1.807, 2.05) is 24.3 Å². The van der Waals surface area contributed by atoms with Crippen molar-refractivity contribution in [2.75, 3.05) is 12.0 Å². The molecule has 1 saturated heterocycles. The molecule has 1 fully saturated rings. The van der Waals surface area contributed by atoms with Crippen LogP contribution in [0.1, 0.15) is 53.9 Å². The number of ketones is 1. The predicted octanol–water partition coefficient (Wildman–Crippen LogP) is 5.54. The predicted molar refractivity (Wildman–Crippen MR) is 134 cm³/mol. The molecule has 6 nitrogen and oxygen atoms in total. The summed E-state index contributed by atoms with van der Waals surface area (Å²) in [7, 11) is 1.27.